The van der Waals surface area contributed by atoms with Crippen molar-refractivity contribution in [2.75, 3.05) is 35.5 Å². The number of hydrogen-bond acceptors (Lipinski definition) is 8. The number of ether oxygens (including phenoxy) is 6. The van der Waals surface area contributed by atoms with Crippen molar-refractivity contribution in [2.24, 2.45) is 0 Å². The van der Waals surface area contributed by atoms with Crippen molar-refractivity contribution >= 4 is 17.8 Å². The van der Waals surface area contributed by atoms with Crippen molar-refractivity contribution in [2.45, 2.75) is 0 Å². The van der Waals surface area contributed by atoms with E-state index in [1.807, 2.05) is 0 Å². The van der Waals surface area contributed by atoms with Crippen LogP contribution >= 0.6 is 0 Å². The summed E-state index contributed by atoms with van der Waals surface area (Å²) in [5, 5.41) is 0. The maximum atomic E-state index is 12.7. The molecule has 3 rings (SSSR count). The van der Waals surface area contributed by atoms with Gasteiger partial charge in [-0.05, 0) is 66.7 Å². The minimum Gasteiger partial charge on any atom is -0.497 e. The number of carbonyl (C=O) groups excluding carboxylic acids is 2. The highest BCUT2D eigenvalue weighted by molar-refractivity contribution is 6.07. The second-order valence-corrected chi connectivity index (χ2v) is 7.13. The first kappa shape index (κ1) is 25.2. The van der Waals surface area contributed by atoms with E-state index in [1.165, 1.54) is 39.5 Å². The van der Waals surface area contributed by atoms with Gasteiger partial charge in [-0.2, -0.15) is 0 Å². The van der Waals surface area contributed by atoms with E-state index in [2.05, 4.69) is 0 Å². The molecular weight excluding hydrogens is 452 g/mol. The zero-order valence-electron chi connectivity index (χ0n) is 20.1. The van der Waals surface area contributed by atoms with Crippen molar-refractivity contribution in [3.63, 3.8) is 0 Å². The first-order chi connectivity index (χ1) is 16.9. The summed E-state index contributed by atoms with van der Waals surface area (Å²) in [6, 6.07) is 14.6. The Hall–Kier alpha value is -4.46. The van der Waals surface area contributed by atoms with Crippen molar-refractivity contribution in [3.8, 4) is 34.5 Å². The van der Waals surface area contributed by atoms with Gasteiger partial charge in [0.15, 0.2) is 17.3 Å². The van der Waals surface area contributed by atoms with Crippen molar-refractivity contribution in [1.82, 2.24) is 0 Å². The fourth-order valence-corrected chi connectivity index (χ4v) is 3.28. The van der Waals surface area contributed by atoms with Crippen LogP contribution in [0.3, 0.4) is 0 Å². The van der Waals surface area contributed by atoms with Gasteiger partial charge in [0.25, 0.3) is 0 Å². The lowest BCUT2D eigenvalue weighted by atomic mass is 10.1. The number of ketones is 1. The van der Waals surface area contributed by atoms with Crippen molar-refractivity contribution in [3.05, 3.63) is 77.4 Å². The molecule has 0 fully saturated rings. The predicted octanol–water partition coefficient (Wildman–Crippen LogP) is 4.84. The van der Waals surface area contributed by atoms with E-state index in [1.54, 1.807) is 62.8 Å². The van der Waals surface area contributed by atoms with Crippen molar-refractivity contribution < 1.29 is 38.0 Å². The lowest BCUT2D eigenvalue weighted by Crippen LogP contribution is -2.10. The van der Waals surface area contributed by atoms with Gasteiger partial charge in [0.05, 0.1) is 41.1 Å². The first-order valence-corrected chi connectivity index (χ1v) is 10.5. The van der Waals surface area contributed by atoms with Gasteiger partial charge in [-0.25, -0.2) is 4.79 Å². The lowest BCUT2D eigenvalue weighted by molar-refractivity contribution is 0.0733. The van der Waals surface area contributed by atoms with E-state index in [-0.39, 0.29) is 17.1 Å². The highest BCUT2D eigenvalue weighted by Gasteiger charge is 2.18. The number of carbonyl (C=O) groups is 2. The Balaban J connectivity index is 1.73. The molecule has 0 unspecified atom stereocenters. The summed E-state index contributed by atoms with van der Waals surface area (Å²) in [5.74, 6) is 1.73. The lowest BCUT2D eigenvalue weighted by Gasteiger charge is -2.13. The van der Waals surface area contributed by atoms with Crippen LogP contribution in [-0.4, -0.2) is 47.3 Å². The van der Waals surface area contributed by atoms with Gasteiger partial charge in [-0.3, -0.25) is 4.79 Å². The van der Waals surface area contributed by atoms with Crippen LogP contribution < -0.4 is 28.4 Å². The molecule has 8 nitrogen and oxygen atoms in total. The summed E-state index contributed by atoms with van der Waals surface area (Å²) in [6.07, 6.45) is 3.09. The molecule has 0 saturated carbocycles. The number of hydrogen-bond donors (Lipinski definition) is 0. The molecule has 0 atom stereocenters. The minimum absolute atomic E-state index is 0.217. The Kier molecular flexibility index (Phi) is 8.34. The summed E-state index contributed by atoms with van der Waals surface area (Å²) in [7, 11) is 7.51. The Labute approximate surface area is 203 Å². The molecule has 0 spiro atoms. The number of rotatable bonds is 10. The topological polar surface area (TPSA) is 89.5 Å². The second-order valence-electron chi connectivity index (χ2n) is 7.13. The number of allylic oxidation sites excluding steroid dienone is 1. The molecule has 35 heavy (non-hydrogen) atoms. The Bertz CT molecular complexity index is 1200. The van der Waals surface area contributed by atoms with Gasteiger partial charge < -0.3 is 28.4 Å². The average Bonchev–Trinajstić information content (AvgIpc) is 2.90. The average molecular weight is 478 g/mol. The van der Waals surface area contributed by atoms with Crippen LogP contribution in [0.4, 0.5) is 0 Å². The fourth-order valence-electron chi connectivity index (χ4n) is 3.28. The number of esters is 1. The zero-order chi connectivity index (χ0) is 25.4. The van der Waals surface area contributed by atoms with Crippen LogP contribution in [0.1, 0.15) is 26.3 Å². The maximum absolute atomic E-state index is 12.7. The summed E-state index contributed by atoms with van der Waals surface area (Å²) in [6.45, 7) is 0. The molecule has 0 N–H and O–H groups in total. The highest BCUT2D eigenvalue weighted by Crippen LogP contribution is 2.38. The third kappa shape index (κ3) is 5.92. The maximum Gasteiger partial charge on any atom is 0.343 e. The van der Waals surface area contributed by atoms with Crippen LogP contribution in [0.5, 0.6) is 34.5 Å². The van der Waals surface area contributed by atoms with Crippen LogP contribution in [0.15, 0.2) is 60.7 Å². The molecule has 0 heterocycles. The van der Waals surface area contributed by atoms with Gasteiger partial charge in [-0.1, -0.05) is 0 Å². The van der Waals surface area contributed by atoms with Gasteiger partial charge in [-0.15, -0.1) is 0 Å². The molecule has 0 bridgehead atoms. The molecule has 0 aliphatic rings. The monoisotopic (exact) mass is 478 g/mol. The molecule has 8 heteroatoms. The van der Waals surface area contributed by atoms with Crippen LogP contribution in [0, 0.1) is 0 Å². The molecule has 0 aliphatic carbocycles. The van der Waals surface area contributed by atoms with Gasteiger partial charge in [0.1, 0.15) is 17.2 Å². The number of methoxy groups -OCH3 is 5. The fraction of sp³-hybridized carbons (Fsp3) is 0.185. The van der Waals surface area contributed by atoms with E-state index >= 15 is 0 Å². The molecular formula is C27H26O8. The standard InChI is InChI=1S/C27H26O8/c1-30-21-11-13-23(31-2)18(14-21)8-12-22(28)17-6-9-20(10-7-17)35-27(29)19-15-24(32-3)26(34-5)25(16-19)33-4/h6-16H,1-5H3. The molecule has 0 amide bonds. The van der Waals surface area contributed by atoms with Crippen molar-refractivity contribution in [1.29, 1.82) is 0 Å². The SMILES string of the molecule is COc1ccc(OC)c(C=CC(=O)c2ccc(OC(=O)c3cc(OC)c(OC)c(OC)c3)cc2)c1. The molecule has 0 aromatic heterocycles. The normalized spacial score (nSPS) is 10.5. The number of benzene rings is 3. The largest absolute Gasteiger partial charge is 0.497 e. The Morgan fingerprint density at radius 1 is 0.629 bits per heavy atom. The predicted molar refractivity (Wildman–Crippen MR) is 130 cm³/mol. The quantitative estimate of drug-likeness (QED) is 0.177. The summed E-state index contributed by atoms with van der Waals surface area (Å²) < 4.78 is 31.8. The third-order valence-corrected chi connectivity index (χ3v) is 5.10. The van der Waals surface area contributed by atoms with Crippen LogP contribution in [-0.2, 0) is 0 Å². The molecule has 0 aliphatic heterocycles. The van der Waals surface area contributed by atoms with E-state index < -0.39 is 5.97 Å². The Morgan fingerprint density at radius 3 is 1.77 bits per heavy atom. The minimum atomic E-state index is -0.617. The molecule has 3 aromatic carbocycles. The third-order valence-electron chi connectivity index (χ3n) is 5.10. The van der Waals surface area contributed by atoms with Crippen LogP contribution in [0.25, 0.3) is 6.08 Å². The molecule has 3 aromatic rings. The first-order valence-electron chi connectivity index (χ1n) is 10.5. The van der Waals surface area contributed by atoms with E-state index in [0.29, 0.717) is 39.9 Å². The van der Waals surface area contributed by atoms with E-state index in [4.69, 9.17) is 28.4 Å². The van der Waals surface area contributed by atoms with E-state index in [9.17, 15) is 9.59 Å². The van der Waals surface area contributed by atoms with Gasteiger partial charge >= 0.3 is 5.97 Å². The molecule has 0 radical (unpaired) electrons. The molecule has 0 saturated heterocycles. The second kappa shape index (κ2) is 11.6. The Morgan fingerprint density at radius 2 is 1.23 bits per heavy atom. The van der Waals surface area contributed by atoms with Crippen LogP contribution in [0.2, 0.25) is 0 Å². The summed E-state index contributed by atoms with van der Waals surface area (Å²) in [4.78, 5) is 25.3. The van der Waals surface area contributed by atoms with Gasteiger partial charge in [0, 0.05) is 11.1 Å². The summed E-state index contributed by atoms with van der Waals surface area (Å²) in [5.41, 5.74) is 1.35. The smallest absolute Gasteiger partial charge is 0.343 e. The van der Waals surface area contributed by atoms with Gasteiger partial charge in [0.2, 0.25) is 5.75 Å². The molecule has 182 valence electrons. The summed E-state index contributed by atoms with van der Waals surface area (Å²) >= 11 is 0. The van der Waals surface area contributed by atoms with E-state index in [0.717, 1.165) is 0 Å². The highest BCUT2D eigenvalue weighted by atomic mass is 16.5. The zero-order valence-corrected chi connectivity index (χ0v) is 20.1.